The molecule has 0 aromatic carbocycles. The topological polar surface area (TPSA) is 32.3 Å². The van der Waals surface area contributed by atoms with Gasteiger partial charge in [0.25, 0.3) is 0 Å². The van der Waals surface area contributed by atoms with Gasteiger partial charge in [0.05, 0.1) is 6.04 Å². The van der Waals surface area contributed by atoms with E-state index in [-0.39, 0.29) is 11.8 Å². The van der Waals surface area contributed by atoms with Gasteiger partial charge < -0.3 is 10.2 Å². The van der Waals surface area contributed by atoms with Crippen molar-refractivity contribution in [1.82, 2.24) is 10.2 Å². The molecule has 1 fully saturated rings. The second-order valence-electron chi connectivity index (χ2n) is 4.08. The molecule has 0 amide bonds. The van der Waals surface area contributed by atoms with E-state index in [1.165, 1.54) is 19.3 Å². The summed E-state index contributed by atoms with van der Waals surface area (Å²) < 4.78 is 0. The third-order valence-electron chi connectivity index (χ3n) is 2.83. The van der Waals surface area contributed by atoms with Crippen LogP contribution in [0, 0.1) is 0 Å². The van der Waals surface area contributed by atoms with Crippen molar-refractivity contribution in [2.45, 2.75) is 66.8 Å². The summed E-state index contributed by atoms with van der Waals surface area (Å²) in [6, 6.07) is 0.0399. The van der Waals surface area contributed by atoms with E-state index in [0.717, 1.165) is 26.2 Å². The van der Waals surface area contributed by atoms with Crippen LogP contribution < -0.4 is 5.32 Å². The number of carbonyl (C=O) groups excluding carboxylic acids is 1. The summed E-state index contributed by atoms with van der Waals surface area (Å²) in [6.07, 6.45) is 3.93. The second kappa shape index (κ2) is 14.7. The Bertz CT molecular complexity index is 177. The molecule has 1 saturated heterocycles. The number of nitrogens with one attached hydrogen (secondary N) is 1. The number of hydrogen-bond donors (Lipinski definition) is 1. The van der Waals surface area contributed by atoms with Crippen LogP contribution in [0.5, 0.6) is 0 Å². The lowest BCUT2D eigenvalue weighted by Crippen LogP contribution is -2.46. The zero-order valence-corrected chi connectivity index (χ0v) is 13.4. The van der Waals surface area contributed by atoms with Crippen LogP contribution in [0.4, 0.5) is 0 Å². The van der Waals surface area contributed by atoms with Gasteiger partial charge in [-0.1, -0.05) is 41.0 Å². The van der Waals surface area contributed by atoms with Crippen molar-refractivity contribution in [3.63, 3.8) is 0 Å². The lowest BCUT2D eigenvalue weighted by atomic mass is 10.1. The number of likely N-dealkylation sites (N-methyl/N-ethyl adjacent to an activating group) is 1. The number of Topliss-reactive ketones (excluding diaryl/α,β-unsaturated/α-hetero) is 1. The fraction of sp³-hybridized carbons (Fsp3) is 0.933. The van der Waals surface area contributed by atoms with Crippen molar-refractivity contribution in [2.75, 3.05) is 26.2 Å². The van der Waals surface area contributed by atoms with Gasteiger partial charge in [0.15, 0.2) is 0 Å². The van der Waals surface area contributed by atoms with E-state index >= 15 is 0 Å². The van der Waals surface area contributed by atoms with Gasteiger partial charge in [-0.25, -0.2) is 0 Å². The van der Waals surface area contributed by atoms with E-state index in [1.54, 1.807) is 6.92 Å². The number of nitrogens with zero attached hydrogens (tertiary/aromatic N) is 1. The Morgan fingerprint density at radius 3 is 2.00 bits per heavy atom. The highest BCUT2D eigenvalue weighted by Crippen LogP contribution is 2.08. The Morgan fingerprint density at radius 2 is 1.61 bits per heavy atom. The molecule has 0 bridgehead atoms. The van der Waals surface area contributed by atoms with Gasteiger partial charge in [0, 0.05) is 6.54 Å². The minimum atomic E-state index is 0.0399. The highest BCUT2D eigenvalue weighted by molar-refractivity contribution is 5.81. The Labute approximate surface area is 114 Å². The van der Waals surface area contributed by atoms with Gasteiger partial charge in [-0.3, -0.25) is 4.79 Å². The zero-order chi connectivity index (χ0) is 14.4. The molecule has 0 spiro atoms. The van der Waals surface area contributed by atoms with Crippen LogP contribution in [0.25, 0.3) is 0 Å². The zero-order valence-electron chi connectivity index (χ0n) is 13.4. The van der Waals surface area contributed by atoms with E-state index in [4.69, 9.17) is 0 Å². The van der Waals surface area contributed by atoms with Crippen LogP contribution in [-0.4, -0.2) is 42.9 Å². The molecule has 1 atom stereocenters. The monoisotopic (exact) mass is 258 g/mol. The smallest absolute Gasteiger partial charge is 0.147 e. The summed E-state index contributed by atoms with van der Waals surface area (Å²) in [7, 11) is 0. The summed E-state index contributed by atoms with van der Waals surface area (Å²) in [5, 5.41) is 3.24. The molecule has 0 radical (unpaired) electrons. The molecule has 110 valence electrons. The van der Waals surface area contributed by atoms with Crippen molar-refractivity contribution in [1.29, 1.82) is 0 Å². The summed E-state index contributed by atoms with van der Waals surface area (Å²) >= 11 is 0. The normalized spacial score (nSPS) is 16.8. The van der Waals surface area contributed by atoms with E-state index in [9.17, 15) is 4.79 Å². The molecule has 1 aliphatic heterocycles. The third-order valence-corrected chi connectivity index (χ3v) is 2.83. The molecule has 1 N–H and O–H groups in total. The van der Waals surface area contributed by atoms with E-state index in [0.29, 0.717) is 0 Å². The van der Waals surface area contributed by atoms with Gasteiger partial charge in [-0.2, -0.15) is 0 Å². The molecule has 1 unspecified atom stereocenters. The number of rotatable bonds is 5. The Hall–Kier alpha value is -0.410. The van der Waals surface area contributed by atoms with Crippen molar-refractivity contribution in [2.24, 2.45) is 0 Å². The number of piperidine rings is 1. The summed E-state index contributed by atoms with van der Waals surface area (Å²) in [4.78, 5) is 13.7. The van der Waals surface area contributed by atoms with Gasteiger partial charge in [-0.05, 0) is 39.4 Å². The highest BCUT2D eigenvalue weighted by atomic mass is 16.1. The van der Waals surface area contributed by atoms with Crippen LogP contribution in [0.3, 0.4) is 0 Å². The fourth-order valence-electron chi connectivity index (χ4n) is 1.98. The van der Waals surface area contributed by atoms with Crippen molar-refractivity contribution >= 4 is 5.78 Å². The first-order valence-electron chi connectivity index (χ1n) is 7.70. The van der Waals surface area contributed by atoms with Gasteiger partial charge in [0.2, 0.25) is 0 Å². The quantitative estimate of drug-likeness (QED) is 0.822. The predicted octanol–water partition coefficient (Wildman–Crippen LogP) is 3.09. The van der Waals surface area contributed by atoms with Crippen LogP contribution >= 0.6 is 0 Å². The summed E-state index contributed by atoms with van der Waals surface area (Å²) in [5.74, 6) is 0.262. The Balaban J connectivity index is 0. The maximum atomic E-state index is 11.3. The second-order valence-corrected chi connectivity index (χ2v) is 4.08. The summed E-state index contributed by atoms with van der Waals surface area (Å²) in [6.45, 7) is 15.8. The van der Waals surface area contributed by atoms with Gasteiger partial charge in [0.1, 0.15) is 5.78 Å². The number of ketones is 1. The van der Waals surface area contributed by atoms with Crippen LogP contribution in [0.2, 0.25) is 0 Å². The fourth-order valence-corrected chi connectivity index (χ4v) is 1.98. The average Bonchev–Trinajstić information content (AvgIpc) is 2.44. The standard InChI is InChI=1S/C11H22N2O.2C2H6/c1-3-12-11(10(2)14)9-13-7-5-4-6-8-13;2*1-2/h11-12H,3-9H2,1-2H3;2*1-2H3. The van der Waals surface area contributed by atoms with E-state index in [2.05, 4.69) is 10.2 Å². The maximum absolute atomic E-state index is 11.3. The van der Waals surface area contributed by atoms with Gasteiger partial charge >= 0.3 is 0 Å². The SMILES string of the molecule is CC.CC.CCNC(CN1CCCCC1)C(C)=O. The molecule has 3 nitrogen and oxygen atoms in total. The molecule has 1 aliphatic rings. The van der Waals surface area contributed by atoms with E-state index in [1.807, 2.05) is 34.6 Å². The molecule has 1 rings (SSSR count). The highest BCUT2D eigenvalue weighted by Gasteiger charge is 2.18. The lowest BCUT2D eigenvalue weighted by molar-refractivity contribution is -0.119. The van der Waals surface area contributed by atoms with Gasteiger partial charge in [-0.15, -0.1) is 0 Å². The minimum absolute atomic E-state index is 0.0399. The third kappa shape index (κ3) is 9.60. The molecule has 0 aliphatic carbocycles. The van der Waals surface area contributed by atoms with Crippen LogP contribution in [0.15, 0.2) is 0 Å². The number of carbonyl (C=O) groups is 1. The first-order chi connectivity index (χ1) is 8.74. The van der Waals surface area contributed by atoms with Crippen molar-refractivity contribution < 1.29 is 4.79 Å². The molecule has 1 heterocycles. The molecular weight excluding hydrogens is 224 g/mol. The molecule has 0 saturated carbocycles. The molecule has 18 heavy (non-hydrogen) atoms. The largest absolute Gasteiger partial charge is 0.307 e. The van der Waals surface area contributed by atoms with Crippen molar-refractivity contribution in [3.8, 4) is 0 Å². The Morgan fingerprint density at radius 1 is 1.11 bits per heavy atom. The number of likely N-dealkylation sites (tertiary alicyclic amines) is 1. The average molecular weight is 258 g/mol. The molecular formula is C15H34N2O. The number of hydrogen-bond acceptors (Lipinski definition) is 3. The molecule has 0 aromatic rings. The minimum Gasteiger partial charge on any atom is -0.307 e. The molecule has 0 aromatic heterocycles. The maximum Gasteiger partial charge on any atom is 0.147 e. The van der Waals surface area contributed by atoms with Crippen LogP contribution in [-0.2, 0) is 4.79 Å². The van der Waals surface area contributed by atoms with Crippen molar-refractivity contribution in [3.05, 3.63) is 0 Å². The first-order valence-corrected chi connectivity index (χ1v) is 7.70. The Kier molecular flexibility index (Phi) is 16.2. The lowest BCUT2D eigenvalue weighted by Gasteiger charge is -2.29. The summed E-state index contributed by atoms with van der Waals surface area (Å²) in [5.41, 5.74) is 0. The molecule has 3 heteroatoms. The van der Waals surface area contributed by atoms with Crippen LogP contribution in [0.1, 0.15) is 60.8 Å². The first kappa shape index (κ1) is 19.9. The predicted molar refractivity (Wildman–Crippen MR) is 81.1 cm³/mol. The van der Waals surface area contributed by atoms with E-state index < -0.39 is 0 Å².